The van der Waals surface area contributed by atoms with E-state index in [9.17, 15) is 19.5 Å². The van der Waals surface area contributed by atoms with Crippen LogP contribution in [0.25, 0.3) is 0 Å². The van der Waals surface area contributed by atoms with Gasteiger partial charge < -0.3 is 15.7 Å². The fraction of sp³-hybridized carbons (Fsp3) is 0.304. The number of carboxylic acid groups (broad SMARTS) is 1. The van der Waals surface area contributed by atoms with Gasteiger partial charge in [0.2, 0.25) is 0 Å². The van der Waals surface area contributed by atoms with Crippen molar-refractivity contribution in [2.75, 3.05) is 5.32 Å². The Labute approximate surface area is 195 Å². The molecule has 7 nitrogen and oxygen atoms in total. The van der Waals surface area contributed by atoms with Gasteiger partial charge in [0, 0.05) is 36.3 Å². The van der Waals surface area contributed by atoms with Crippen LogP contribution in [0.1, 0.15) is 43.1 Å². The third-order valence-corrected chi connectivity index (χ3v) is 6.32. The van der Waals surface area contributed by atoms with Crippen LogP contribution in [-0.4, -0.2) is 33.3 Å². The number of nitrogens with one attached hydrogen (secondary N) is 2. The van der Waals surface area contributed by atoms with Gasteiger partial charge in [-0.05, 0) is 38.0 Å². The number of amides is 1. The first-order valence-corrected chi connectivity index (χ1v) is 10.7. The summed E-state index contributed by atoms with van der Waals surface area (Å²) in [6, 6.07) is 6.83. The minimum Gasteiger partial charge on any atom is -0.479 e. The lowest BCUT2D eigenvalue weighted by molar-refractivity contribution is -0.145. The first-order valence-electron chi connectivity index (χ1n) is 9.97. The number of ketones is 1. The average Bonchev–Trinajstić information content (AvgIpc) is 2.73. The number of carboxylic acids is 1. The molecule has 1 atom stereocenters. The average molecular weight is 476 g/mol. The SMILES string of the molecule is CC[C@@](Cc1ccc(NC(=O)c2c(Cl)cncc2Cl)cc1)(NC1=CC(=O)C1(C)C)C(=O)O. The first-order chi connectivity index (χ1) is 15.0. The number of anilines is 1. The van der Waals surface area contributed by atoms with Gasteiger partial charge in [0.05, 0.1) is 21.0 Å². The molecule has 1 aliphatic rings. The van der Waals surface area contributed by atoms with Crippen LogP contribution < -0.4 is 10.6 Å². The molecule has 2 aromatic rings. The number of hydrogen-bond acceptors (Lipinski definition) is 5. The number of halogens is 2. The highest BCUT2D eigenvalue weighted by Crippen LogP contribution is 2.37. The standard InChI is InChI=1S/C23H23Cl2N3O4/c1-4-23(21(31)32,28-17-9-18(29)22(17,2)3)10-13-5-7-14(8-6-13)27-20(30)19-15(24)11-26-12-16(19)25/h5-9,11-12,28H,4,10H2,1-3H3,(H,27,30)(H,31,32)/t23-/m0/s1. The third kappa shape index (κ3) is 4.49. The monoisotopic (exact) mass is 475 g/mol. The molecule has 0 unspecified atom stereocenters. The second-order valence-corrected chi connectivity index (χ2v) is 9.03. The second kappa shape index (κ2) is 8.92. The van der Waals surface area contributed by atoms with E-state index in [1.54, 1.807) is 45.0 Å². The number of aromatic nitrogens is 1. The maximum atomic E-state index is 12.5. The molecule has 32 heavy (non-hydrogen) atoms. The zero-order chi connectivity index (χ0) is 23.7. The summed E-state index contributed by atoms with van der Waals surface area (Å²) in [5, 5.41) is 16.1. The van der Waals surface area contributed by atoms with E-state index in [0.29, 0.717) is 17.8 Å². The number of nitrogens with zero attached hydrogens (tertiary/aromatic N) is 1. The van der Waals surface area contributed by atoms with Crippen LogP contribution in [-0.2, 0) is 16.0 Å². The van der Waals surface area contributed by atoms with Crippen molar-refractivity contribution >= 4 is 46.5 Å². The Morgan fingerprint density at radius 3 is 2.19 bits per heavy atom. The maximum absolute atomic E-state index is 12.5. The number of carbonyl (C=O) groups excluding carboxylic acids is 2. The molecule has 0 bridgehead atoms. The summed E-state index contributed by atoms with van der Waals surface area (Å²) in [5.74, 6) is -1.52. The molecule has 1 aromatic heterocycles. The van der Waals surface area contributed by atoms with E-state index in [1.807, 2.05) is 0 Å². The Bertz CT molecular complexity index is 1090. The van der Waals surface area contributed by atoms with Gasteiger partial charge in [0.25, 0.3) is 5.91 Å². The second-order valence-electron chi connectivity index (χ2n) is 8.22. The number of pyridine rings is 1. The number of benzene rings is 1. The number of hydrogen-bond donors (Lipinski definition) is 3. The molecule has 0 radical (unpaired) electrons. The predicted octanol–water partition coefficient (Wildman–Crippen LogP) is 4.50. The van der Waals surface area contributed by atoms with Crippen LogP contribution >= 0.6 is 23.2 Å². The van der Waals surface area contributed by atoms with Crippen LogP contribution in [0.15, 0.2) is 48.4 Å². The van der Waals surface area contributed by atoms with Crippen molar-refractivity contribution < 1.29 is 19.5 Å². The molecular weight excluding hydrogens is 453 g/mol. The van der Waals surface area contributed by atoms with Crippen LogP contribution in [0, 0.1) is 5.41 Å². The van der Waals surface area contributed by atoms with Gasteiger partial charge in [-0.2, -0.15) is 0 Å². The minimum absolute atomic E-state index is 0.0371. The molecule has 0 aliphatic heterocycles. The summed E-state index contributed by atoms with van der Waals surface area (Å²) in [6.45, 7) is 5.31. The summed E-state index contributed by atoms with van der Waals surface area (Å²) >= 11 is 12.1. The quantitative estimate of drug-likeness (QED) is 0.518. The fourth-order valence-electron chi connectivity index (χ4n) is 3.41. The largest absolute Gasteiger partial charge is 0.479 e. The van der Waals surface area contributed by atoms with E-state index >= 15 is 0 Å². The summed E-state index contributed by atoms with van der Waals surface area (Å²) in [5.41, 5.74) is -0.00272. The molecule has 1 amide bonds. The Morgan fingerprint density at radius 1 is 1.12 bits per heavy atom. The van der Waals surface area contributed by atoms with E-state index in [2.05, 4.69) is 15.6 Å². The van der Waals surface area contributed by atoms with E-state index in [4.69, 9.17) is 23.2 Å². The lowest BCUT2D eigenvalue weighted by atomic mass is 9.73. The number of allylic oxidation sites excluding steroid dienone is 2. The maximum Gasteiger partial charge on any atom is 0.329 e. The highest BCUT2D eigenvalue weighted by molar-refractivity contribution is 6.40. The van der Waals surface area contributed by atoms with Gasteiger partial charge in [0.15, 0.2) is 5.78 Å². The van der Waals surface area contributed by atoms with Crippen LogP contribution in [0.2, 0.25) is 10.0 Å². The zero-order valence-corrected chi connectivity index (χ0v) is 19.3. The van der Waals surface area contributed by atoms with Crippen molar-refractivity contribution in [3.8, 4) is 0 Å². The Kier molecular flexibility index (Phi) is 6.62. The van der Waals surface area contributed by atoms with Gasteiger partial charge in [-0.3, -0.25) is 14.6 Å². The normalized spacial score (nSPS) is 16.4. The van der Waals surface area contributed by atoms with E-state index in [-0.39, 0.29) is 27.8 Å². The van der Waals surface area contributed by atoms with E-state index in [0.717, 1.165) is 5.56 Å². The molecule has 3 rings (SSSR count). The molecule has 3 N–H and O–H groups in total. The predicted molar refractivity (Wildman–Crippen MR) is 123 cm³/mol. The zero-order valence-electron chi connectivity index (χ0n) is 17.8. The molecular formula is C23H23Cl2N3O4. The summed E-state index contributed by atoms with van der Waals surface area (Å²) in [7, 11) is 0. The van der Waals surface area contributed by atoms with Crippen molar-refractivity contribution in [3.63, 3.8) is 0 Å². The smallest absolute Gasteiger partial charge is 0.329 e. The molecule has 0 fully saturated rings. The molecule has 0 saturated carbocycles. The molecule has 0 spiro atoms. The van der Waals surface area contributed by atoms with Crippen molar-refractivity contribution in [1.82, 2.24) is 10.3 Å². The van der Waals surface area contributed by atoms with Crippen LogP contribution in [0.3, 0.4) is 0 Å². The van der Waals surface area contributed by atoms with Crippen LogP contribution in [0.5, 0.6) is 0 Å². The number of carbonyl (C=O) groups is 3. The Balaban J connectivity index is 1.77. The van der Waals surface area contributed by atoms with Crippen molar-refractivity contribution in [2.24, 2.45) is 5.41 Å². The molecule has 1 heterocycles. The number of aliphatic carboxylic acids is 1. The van der Waals surface area contributed by atoms with Crippen molar-refractivity contribution in [3.05, 3.63) is 69.6 Å². The summed E-state index contributed by atoms with van der Waals surface area (Å²) in [4.78, 5) is 40.4. The molecule has 1 aliphatic carbocycles. The Hall–Kier alpha value is -2.90. The van der Waals surface area contributed by atoms with Crippen molar-refractivity contribution in [2.45, 2.75) is 39.2 Å². The van der Waals surface area contributed by atoms with E-state index in [1.165, 1.54) is 18.5 Å². The first kappa shape index (κ1) is 23.8. The summed E-state index contributed by atoms with van der Waals surface area (Å²) in [6.07, 6.45) is 4.61. The highest BCUT2D eigenvalue weighted by atomic mass is 35.5. The van der Waals surface area contributed by atoms with Crippen molar-refractivity contribution in [1.29, 1.82) is 0 Å². The van der Waals surface area contributed by atoms with Gasteiger partial charge >= 0.3 is 5.97 Å². The molecule has 0 saturated heterocycles. The van der Waals surface area contributed by atoms with Gasteiger partial charge in [-0.15, -0.1) is 0 Å². The van der Waals surface area contributed by atoms with E-state index < -0.39 is 22.8 Å². The van der Waals surface area contributed by atoms with Gasteiger partial charge in [0.1, 0.15) is 5.54 Å². The van der Waals surface area contributed by atoms with Gasteiger partial charge in [-0.25, -0.2) is 4.79 Å². The molecule has 1 aromatic carbocycles. The fourth-order valence-corrected chi connectivity index (χ4v) is 3.95. The lowest BCUT2D eigenvalue weighted by Gasteiger charge is -2.41. The topological polar surface area (TPSA) is 108 Å². The van der Waals surface area contributed by atoms with Crippen LogP contribution in [0.4, 0.5) is 5.69 Å². The molecule has 9 heteroatoms. The minimum atomic E-state index is -1.27. The number of rotatable bonds is 8. The third-order valence-electron chi connectivity index (χ3n) is 5.75. The Morgan fingerprint density at radius 2 is 1.72 bits per heavy atom. The van der Waals surface area contributed by atoms with Gasteiger partial charge in [-0.1, -0.05) is 42.3 Å². The summed E-state index contributed by atoms with van der Waals surface area (Å²) < 4.78 is 0. The highest BCUT2D eigenvalue weighted by Gasteiger charge is 2.46. The lowest BCUT2D eigenvalue weighted by Crippen LogP contribution is -2.57. The molecule has 168 valence electrons.